The van der Waals surface area contributed by atoms with Crippen molar-refractivity contribution in [1.29, 1.82) is 0 Å². The number of rotatable bonds is 6. The predicted molar refractivity (Wildman–Crippen MR) is 117 cm³/mol. The number of ether oxygens (including phenoxy) is 2. The fraction of sp³-hybridized carbons (Fsp3) is 0.136. The Morgan fingerprint density at radius 2 is 1.86 bits per heavy atom. The molecule has 0 spiro atoms. The van der Waals surface area contributed by atoms with Crippen LogP contribution in [-0.2, 0) is 6.42 Å². The van der Waals surface area contributed by atoms with E-state index in [0.29, 0.717) is 38.7 Å². The normalized spacial score (nSPS) is 11.0. The van der Waals surface area contributed by atoms with Gasteiger partial charge in [0, 0.05) is 22.9 Å². The number of benzene rings is 3. The highest BCUT2D eigenvalue weighted by Gasteiger charge is 2.10. The lowest BCUT2D eigenvalue weighted by molar-refractivity contribution is 0.404. The molecule has 3 aromatic rings. The van der Waals surface area contributed by atoms with Gasteiger partial charge in [-0.2, -0.15) is 0 Å². The molecule has 0 aliphatic rings. The molecule has 0 aliphatic heterocycles. The zero-order valence-electron chi connectivity index (χ0n) is 15.4. The van der Waals surface area contributed by atoms with E-state index in [1.54, 1.807) is 38.6 Å². The van der Waals surface area contributed by atoms with Crippen molar-refractivity contribution in [1.82, 2.24) is 0 Å². The second kappa shape index (κ2) is 9.13. The Kier molecular flexibility index (Phi) is 6.60. The maximum atomic E-state index is 10.4. The predicted octanol–water partition coefficient (Wildman–Crippen LogP) is 6.17. The van der Waals surface area contributed by atoms with Gasteiger partial charge in [-0.05, 0) is 63.8 Å². The quantitative estimate of drug-likeness (QED) is 0.448. The number of nitrogens with zero attached hydrogens (tertiary/aromatic N) is 1. The molecule has 0 radical (unpaired) electrons. The molecule has 0 heterocycles. The molecule has 0 bridgehead atoms. The van der Waals surface area contributed by atoms with Crippen molar-refractivity contribution in [2.24, 2.45) is 4.99 Å². The molecule has 3 rings (SSSR count). The van der Waals surface area contributed by atoms with E-state index in [9.17, 15) is 5.11 Å². The summed E-state index contributed by atoms with van der Waals surface area (Å²) in [4.78, 5) is 4.49. The summed E-state index contributed by atoms with van der Waals surface area (Å²) in [6.45, 7) is 0. The van der Waals surface area contributed by atoms with Gasteiger partial charge >= 0.3 is 0 Å². The van der Waals surface area contributed by atoms with Crippen molar-refractivity contribution < 1.29 is 14.6 Å². The van der Waals surface area contributed by atoms with Crippen LogP contribution in [0.2, 0.25) is 5.02 Å². The summed E-state index contributed by atoms with van der Waals surface area (Å²) >= 11 is 9.69. The van der Waals surface area contributed by atoms with E-state index >= 15 is 0 Å². The third-order valence-corrected chi connectivity index (χ3v) is 5.21. The summed E-state index contributed by atoms with van der Waals surface area (Å²) in [6, 6.07) is 16.8. The van der Waals surface area contributed by atoms with Crippen LogP contribution in [0.1, 0.15) is 16.7 Å². The second-order valence-electron chi connectivity index (χ2n) is 6.08. The van der Waals surface area contributed by atoms with Gasteiger partial charge in [-0.15, -0.1) is 0 Å². The highest BCUT2D eigenvalue weighted by atomic mass is 79.9. The van der Waals surface area contributed by atoms with E-state index < -0.39 is 0 Å². The zero-order valence-corrected chi connectivity index (χ0v) is 17.8. The van der Waals surface area contributed by atoms with E-state index in [1.165, 1.54) is 0 Å². The standard InChI is InChI=1S/C22H19BrClNO3/c1-27-17-7-8-21(28-2)20(12-17)25-13-16-10-14(11-18(23)22(16)26)9-15-5-3-4-6-19(15)24/h3-8,10-13,26H,9H2,1-2H3. The minimum absolute atomic E-state index is 0.119. The first kappa shape index (κ1) is 20.2. The van der Waals surface area contributed by atoms with Crippen LogP contribution in [0, 0.1) is 0 Å². The largest absolute Gasteiger partial charge is 0.506 e. The van der Waals surface area contributed by atoms with Crippen molar-refractivity contribution in [2.75, 3.05) is 14.2 Å². The first-order chi connectivity index (χ1) is 13.5. The van der Waals surface area contributed by atoms with Crippen LogP contribution in [0.3, 0.4) is 0 Å². The molecule has 6 heteroatoms. The van der Waals surface area contributed by atoms with Crippen LogP contribution in [0.25, 0.3) is 0 Å². The second-order valence-corrected chi connectivity index (χ2v) is 7.34. The molecule has 0 fully saturated rings. The fourth-order valence-corrected chi connectivity index (χ4v) is 3.50. The minimum atomic E-state index is 0.119. The molecule has 0 aliphatic carbocycles. The van der Waals surface area contributed by atoms with Gasteiger partial charge in [-0.1, -0.05) is 29.8 Å². The Bertz CT molecular complexity index is 1020. The van der Waals surface area contributed by atoms with Crippen molar-refractivity contribution >= 4 is 39.4 Å². The lowest BCUT2D eigenvalue weighted by atomic mass is 10.0. The maximum absolute atomic E-state index is 10.4. The average molecular weight is 461 g/mol. The Morgan fingerprint density at radius 3 is 2.57 bits per heavy atom. The molecule has 0 atom stereocenters. The van der Waals surface area contributed by atoms with Gasteiger partial charge in [0.2, 0.25) is 0 Å². The average Bonchev–Trinajstić information content (AvgIpc) is 2.71. The SMILES string of the molecule is COc1ccc(OC)c(N=Cc2cc(Cc3ccccc3Cl)cc(Br)c2O)c1. The van der Waals surface area contributed by atoms with Crippen LogP contribution in [0.15, 0.2) is 64.1 Å². The van der Waals surface area contributed by atoms with Crippen LogP contribution in [-0.4, -0.2) is 25.5 Å². The van der Waals surface area contributed by atoms with Gasteiger partial charge < -0.3 is 14.6 Å². The molecular formula is C22H19BrClNO3. The Morgan fingerprint density at radius 1 is 1.07 bits per heavy atom. The van der Waals surface area contributed by atoms with Crippen molar-refractivity contribution in [3.8, 4) is 17.2 Å². The van der Waals surface area contributed by atoms with Crippen LogP contribution in [0.5, 0.6) is 17.2 Å². The number of phenols is 1. The number of aromatic hydroxyl groups is 1. The summed E-state index contributed by atoms with van der Waals surface area (Å²) < 4.78 is 11.2. The number of aliphatic imine (C=N–C) groups is 1. The highest BCUT2D eigenvalue weighted by molar-refractivity contribution is 9.10. The molecular weight excluding hydrogens is 442 g/mol. The van der Waals surface area contributed by atoms with E-state index in [1.807, 2.05) is 36.4 Å². The molecule has 0 saturated carbocycles. The third-order valence-electron chi connectivity index (χ3n) is 4.23. The highest BCUT2D eigenvalue weighted by Crippen LogP contribution is 2.33. The molecule has 4 nitrogen and oxygen atoms in total. The topological polar surface area (TPSA) is 51.0 Å². The van der Waals surface area contributed by atoms with E-state index in [-0.39, 0.29) is 5.75 Å². The maximum Gasteiger partial charge on any atom is 0.144 e. The van der Waals surface area contributed by atoms with Crippen LogP contribution < -0.4 is 9.47 Å². The number of hydrogen-bond acceptors (Lipinski definition) is 4. The summed E-state index contributed by atoms with van der Waals surface area (Å²) in [5, 5.41) is 11.1. The van der Waals surface area contributed by atoms with Crippen LogP contribution >= 0.6 is 27.5 Å². The number of hydrogen-bond donors (Lipinski definition) is 1. The Labute approximate surface area is 177 Å². The smallest absolute Gasteiger partial charge is 0.144 e. The van der Waals surface area contributed by atoms with Crippen molar-refractivity contribution in [3.63, 3.8) is 0 Å². The van der Waals surface area contributed by atoms with Gasteiger partial charge in [0.05, 0.1) is 18.7 Å². The van der Waals surface area contributed by atoms with Gasteiger partial charge in [-0.3, -0.25) is 4.99 Å². The van der Waals surface area contributed by atoms with E-state index in [0.717, 1.165) is 11.1 Å². The monoisotopic (exact) mass is 459 g/mol. The van der Waals surface area contributed by atoms with Crippen molar-refractivity contribution in [3.05, 3.63) is 80.8 Å². The Hall–Kier alpha value is -2.50. The van der Waals surface area contributed by atoms with Gasteiger partial charge in [0.1, 0.15) is 22.9 Å². The lowest BCUT2D eigenvalue weighted by Crippen LogP contribution is -1.93. The first-order valence-corrected chi connectivity index (χ1v) is 9.69. The molecule has 0 saturated heterocycles. The molecule has 1 N–H and O–H groups in total. The number of methoxy groups -OCH3 is 2. The third kappa shape index (κ3) is 4.66. The Balaban J connectivity index is 1.95. The first-order valence-electron chi connectivity index (χ1n) is 8.52. The lowest BCUT2D eigenvalue weighted by Gasteiger charge is -2.09. The molecule has 3 aromatic carbocycles. The molecule has 0 aromatic heterocycles. The molecule has 144 valence electrons. The summed E-state index contributed by atoms with van der Waals surface area (Å²) in [7, 11) is 3.18. The van der Waals surface area contributed by atoms with Gasteiger partial charge in [-0.25, -0.2) is 0 Å². The zero-order chi connectivity index (χ0) is 20.1. The summed E-state index contributed by atoms with van der Waals surface area (Å²) in [6.07, 6.45) is 2.25. The van der Waals surface area contributed by atoms with E-state index in [2.05, 4.69) is 20.9 Å². The summed E-state index contributed by atoms with van der Waals surface area (Å²) in [5.74, 6) is 1.40. The summed E-state index contributed by atoms with van der Waals surface area (Å²) in [5.41, 5.74) is 3.20. The van der Waals surface area contributed by atoms with Gasteiger partial charge in [0.25, 0.3) is 0 Å². The number of halogens is 2. The minimum Gasteiger partial charge on any atom is -0.506 e. The van der Waals surface area contributed by atoms with E-state index in [4.69, 9.17) is 21.1 Å². The van der Waals surface area contributed by atoms with Crippen molar-refractivity contribution in [2.45, 2.75) is 6.42 Å². The molecule has 0 unspecified atom stereocenters. The molecule has 28 heavy (non-hydrogen) atoms. The van der Waals surface area contributed by atoms with Gasteiger partial charge in [0.15, 0.2) is 0 Å². The number of phenolic OH excluding ortho intramolecular Hbond substituents is 1. The molecule has 0 amide bonds. The fourth-order valence-electron chi connectivity index (χ4n) is 2.78. The van der Waals surface area contributed by atoms with Crippen LogP contribution in [0.4, 0.5) is 5.69 Å².